The number of ether oxygens (including phenoxy) is 1. The molecule has 4 fully saturated rings. The monoisotopic (exact) mass is 272 g/mol. The minimum Gasteiger partial charge on any atom is -0.458 e. The maximum absolute atomic E-state index is 12.2. The number of rotatable bonds is 2. The second kappa shape index (κ2) is 4.32. The summed E-state index contributed by atoms with van der Waals surface area (Å²) in [6.07, 6.45) is 4.83. The van der Waals surface area contributed by atoms with E-state index in [1.807, 2.05) is 18.2 Å². The molecule has 0 radical (unpaired) electrons. The Morgan fingerprint density at radius 3 is 2.35 bits per heavy atom. The van der Waals surface area contributed by atoms with Gasteiger partial charge in [-0.15, -0.1) is 0 Å². The van der Waals surface area contributed by atoms with Gasteiger partial charge in [-0.2, -0.15) is 0 Å². The van der Waals surface area contributed by atoms with Crippen molar-refractivity contribution >= 4 is 5.97 Å². The molecule has 4 aliphatic rings. The Kier molecular flexibility index (Phi) is 2.68. The molecule has 0 aromatic heterocycles. The van der Waals surface area contributed by atoms with Crippen molar-refractivity contribution in [2.24, 2.45) is 17.8 Å². The lowest BCUT2D eigenvalue weighted by atomic mass is 9.53. The van der Waals surface area contributed by atoms with Gasteiger partial charge in [0.2, 0.25) is 0 Å². The van der Waals surface area contributed by atoms with E-state index in [1.54, 1.807) is 12.1 Å². The number of benzene rings is 1. The Morgan fingerprint density at radius 2 is 1.75 bits per heavy atom. The van der Waals surface area contributed by atoms with Crippen LogP contribution in [-0.4, -0.2) is 22.8 Å². The molecule has 0 saturated heterocycles. The molecular formula is C17H20O3. The molecule has 4 saturated carbocycles. The van der Waals surface area contributed by atoms with E-state index in [0.29, 0.717) is 23.3 Å². The van der Waals surface area contributed by atoms with E-state index in [-0.39, 0.29) is 12.1 Å². The Bertz CT molecular complexity index is 508. The van der Waals surface area contributed by atoms with Crippen LogP contribution in [-0.2, 0) is 4.74 Å². The average Bonchev–Trinajstić information content (AvgIpc) is 2.42. The maximum Gasteiger partial charge on any atom is 0.338 e. The molecule has 4 bridgehead atoms. The molecule has 4 aliphatic carbocycles. The van der Waals surface area contributed by atoms with Gasteiger partial charge in [-0.3, -0.25) is 0 Å². The summed E-state index contributed by atoms with van der Waals surface area (Å²) >= 11 is 0. The predicted molar refractivity (Wildman–Crippen MR) is 74.2 cm³/mol. The van der Waals surface area contributed by atoms with Crippen molar-refractivity contribution in [2.45, 2.75) is 43.8 Å². The third kappa shape index (κ3) is 1.96. The van der Waals surface area contributed by atoms with Crippen LogP contribution in [0, 0.1) is 17.8 Å². The molecule has 20 heavy (non-hydrogen) atoms. The van der Waals surface area contributed by atoms with Gasteiger partial charge in [-0.05, 0) is 62.0 Å². The largest absolute Gasteiger partial charge is 0.458 e. The van der Waals surface area contributed by atoms with Crippen LogP contribution < -0.4 is 0 Å². The fourth-order valence-corrected chi connectivity index (χ4v) is 4.89. The summed E-state index contributed by atoms with van der Waals surface area (Å²) in [5.41, 5.74) is 0.159. The van der Waals surface area contributed by atoms with E-state index in [9.17, 15) is 9.90 Å². The molecule has 5 rings (SSSR count). The van der Waals surface area contributed by atoms with Crippen LogP contribution in [0.2, 0.25) is 0 Å². The highest BCUT2D eigenvalue weighted by molar-refractivity contribution is 5.89. The highest BCUT2D eigenvalue weighted by Gasteiger charge is 2.56. The van der Waals surface area contributed by atoms with Crippen LogP contribution in [0.25, 0.3) is 0 Å². The molecular weight excluding hydrogens is 252 g/mol. The summed E-state index contributed by atoms with van der Waals surface area (Å²) in [4.78, 5) is 12.2. The van der Waals surface area contributed by atoms with Gasteiger partial charge >= 0.3 is 5.97 Å². The van der Waals surface area contributed by atoms with Crippen molar-refractivity contribution in [3.8, 4) is 0 Å². The molecule has 0 aliphatic heterocycles. The number of hydrogen-bond acceptors (Lipinski definition) is 3. The lowest BCUT2D eigenvalue weighted by Crippen LogP contribution is -2.57. The zero-order valence-corrected chi connectivity index (χ0v) is 11.5. The fourth-order valence-electron chi connectivity index (χ4n) is 4.89. The summed E-state index contributed by atoms with van der Waals surface area (Å²) < 4.78 is 5.81. The first-order chi connectivity index (χ1) is 9.63. The first-order valence-corrected chi connectivity index (χ1v) is 7.61. The number of hydrogen-bond donors (Lipinski definition) is 1. The summed E-state index contributed by atoms with van der Waals surface area (Å²) in [6, 6.07) is 9.21. The quantitative estimate of drug-likeness (QED) is 0.842. The van der Waals surface area contributed by atoms with Gasteiger partial charge in [0.05, 0.1) is 11.2 Å². The summed E-state index contributed by atoms with van der Waals surface area (Å²) in [6.45, 7) is 0. The lowest BCUT2D eigenvalue weighted by Gasteiger charge is -2.57. The predicted octanol–water partition coefficient (Wildman–Crippen LogP) is 2.78. The SMILES string of the molecule is O=C(OC1C2CC3CC1CC(O)(C3)C2)c1ccccc1. The molecule has 1 aromatic carbocycles. The van der Waals surface area contributed by atoms with Gasteiger partial charge in [0, 0.05) is 0 Å². The van der Waals surface area contributed by atoms with Crippen LogP contribution >= 0.6 is 0 Å². The van der Waals surface area contributed by atoms with Crippen molar-refractivity contribution in [3.63, 3.8) is 0 Å². The van der Waals surface area contributed by atoms with Gasteiger partial charge in [-0.25, -0.2) is 4.79 Å². The second-order valence-corrected chi connectivity index (χ2v) is 6.93. The van der Waals surface area contributed by atoms with E-state index < -0.39 is 5.60 Å². The maximum atomic E-state index is 12.2. The minimum absolute atomic E-state index is 0.0135. The fraction of sp³-hybridized carbons (Fsp3) is 0.588. The average molecular weight is 272 g/mol. The Morgan fingerprint density at radius 1 is 1.10 bits per heavy atom. The van der Waals surface area contributed by atoms with Gasteiger partial charge < -0.3 is 9.84 Å². The third-order valence-corrected chi connectivity index (χ3v) is 5.41. The first kappa shape index (κ1) is 12.4. The number of aliphatic hydroxyl groups is 1. The Hall–Kier alpha value is -1.35. The smallest absolute Gasteiger partial charge is 0.338 e. The topological polar surface area (TPSA) is 46.5 Å². The van der Waals surface area contributed by atoms with E-state index in [0.717, 1.165) is 32.1 Å². The zero-order valence-electron chi connectivity index (χ0n) is 11.5. The van der Waals surface area contributed by atoms with E-state index >= 15 is 0 Å². The van der Waals surface area contributed by atoms with Crippen molar-refractivity contribution in [1.82, 2.24) is 0 Å². The molecule has 0 heterocycles. The molecule has 2 atom stereocenters. The van der Waals surface area contributed by atoms with Crippen molar-refractivity contribution in [2.75, 3.05) is 0 Å². The molecule has 0 amide bonds. The molecule has 1 N–H and O–H groups in total. The number of carbonyl (C=O) groups excluding carboxylic acids is 1. The summed E-state index contributed by atoms with van der Waals surface area (Å²) in [5.74, 6) is 1.15. The van der Waals surface area contributed by atoms with E-state index in [2.05, 4.69) is 0 Å². The normalized spacial score (nSPS) is 41.6. The molecule has 3 nitrogen and oxygen atoms in total. The third-order valence-electron chi connectivity index (χ3n) is 5.41. The van der Waals surface area contributed by atoms with Gasteiger partial charge in [0.25, 0.3) is 0 Å². The Labute approximate surface area is 118 Å². The van der Waals surface area contributed by atoms with Crippen LogP contribution in [0.3, 0.4) is 0 Å². The van der Waals surface area contributed by atoms with E-state index in [1.165, 1.54) is 0 Å². The van der Waals surface area contributed by atoms with Gasteiger partial charge in [-0.1, -0.05) is 18.2 Å². The highest BCUT2D eigenvalue weighted by atomic mass is 16.5. The van der Waals surface area contributed by atoms with Crippen molar-refractivity contribution in [3.05, 3.63) is 35.9 Å². The van der Waals surface area contributed by atoms with Gasteiger partial charge in [0.1, 0.15) is 6.10 Å². The van der Waals surface area contributed by atoms with Crippen LogP contribution in [0.5, 0.6) is 0 Å². The molecule has 2 unspecified atom stereocenters. The van der Waals surface area contributed by atoms with E-state index in [4.69, 9.17) is 4.74 Å². The lowest BCUT2D eigenvalue weighted by molar-refractivity contribution is -0.176. The molecule has 1 aromatic rings. The van der Waals surface area contributed by atoms with Gasteiger partial charge in [0.15, 0.2) is 0 Å². The second-order valence-electron chi connectivity index (χ2n) is 6.93. The first-order valence-electron chi connectivity index (χ1n) is 7.61. The zero-order chi connectivity index (χ0) is 13.7. The standard InChI is InChI=1S/C17H20O3/c18-16(12-4-2-1-3-5-12)20-15-13-6-11-7-14(15)10-17(19,8-11)9-13/h1-5,11,13-15,19H,6-10H2. The minimum atomic E-state index is -0.466. The van der Waals surface area contributed by atoms with Crippen LogP contribution in [0.1, 0.15) is 42.5 Å². The Balaban J connectivity index is 1.52. The number of esters is 1. The van der Waals surface area contributed by atoms with Crippen molar-refractivity contribution in [1.29, 1.82) is 0 Å². The molecule has 3 heteroatoms. The van der Waals surface area contributed by atoms with Crippen molar-refractivity contribution < 1.29 is 14.6 Å². The summed E-state index contributed by atoms with van der Waals surface area (Å²) in [5, 5.41) is 10.5. The number of carbonyl (C=O) groups is 1. The highest BCUT2D eigenvalue weighted by Crippen LogP contribution is 2.56. The van der Waals surface area contributed by atoms with Crippen LogP contribution in [0.15, 0.2) is 30.3 Å². The summed E-state index contributed by atoms with van der Waals surface area (Å²) in [7, 11) is 0. The molecule has 0 spiro atoms. The van der Waals surface area contributed by atoms with Crippen LogP contribution in [0.4, 0.5) is 0 Å². The molecule has 106 valence electrons.